The molecular weight excluding hydrogens is 384 g/mol. The fourth-order valence-corrected chi connectivity index (χ4v) is 4.84. The van der Waals surface area contributed by atoms with E-state index in [1.165, 1.54) is 22.3 Å². The Kier molecular flexibility index (Phi) is 8.67. The Hall–Kier alpha value is -1.72. The topological polar surface area (TPSA) is 67.5 Å². The van der Waals surface area contributed by atoms with Crippen LogP contribution >= 0.6 is 0 Å². The smallest absolute Gasteiger partial charge is 0.0898 e. The van der Waals surface area contributed by atoms with E-state index in [1.54, 1.807) is 0 Å². The van der Waals surface area contributed by atoms with Crippen molar-refractivity contribution >= 4 is 0 Å². The summed E-state index contributed by atoms with van der Waals surface area (Å²) in [5, 5.41) is 14.1. The maximum atomic E-state index is 10.5. The number of nitrogens with one attached hydrogen (secondary N) is 1. The van der Waals surface area contributed by atoms with Crippen LogP contribution in [0, 0.1) is 5.92 Å². The third-order valence-corrected chi connectivity index (χ3v) is 6.43. The maximum absolute atomic E-state index is 10.5. The van der Waals surface area contributed by atoms with Gasteiger partial charge in [-0.15, -0.1) is 0 Å². The van der Waals surface area contributed by atoms with Crippen LogP contribution in [0.1, 0.15) is 62.0 Å². The first-order valence-electron chi connectivity index (χ1n) is 11.8. The highest BCUT2D eigenvalue weighted by Crippen LogP contribution is 2.32. The molecule has 2 aromatic carbocycles. The molecule has 2 aromatic rings. The van der Waals surface area contributed by atoms with Crippen LogP contribution in [0.4, 0.5) is 0 Å². The fourth-order valence-electron chi connectivity index (χ4n) is 4.84. The minimum atomic E-state index is -0.529. The molecule has 4 heteroatoms. The van der Waals surface area contributed by atoms with E-state index >= 15 is 0 Å². The number of ether oxygens (including phenoxy) is 1. The van der Waals surface area contributed by atoms with Gasteiger partial charge in [0.05, 0.1) is 18.8 Å². The molecule has 2 unspecified atom stereocenters. The van der Waals surface area contributed by atoms with E-state index in [0.29, 0.717) is 25.6 Å². The summed E-state index contributed by atoms with van der Waals surface area (Å²) in [5.74, 6) is 0.665. The number of rotatable bonds is 12. The van der Waals surface area contributed by atoms with Gasteiger partial charge < -0.3 is 20.9 Å². The summed E-state index contributed by atoms with van der Waals surface area (Å²) in [6, 6.07) is 17.2. The molecule has 0 heterocycles. The Bertz CT molecular complexity index is 795. The van der Waals surface area contributed by atoms with E-state index in [4.69, 9.17) is 10.5 Å². The number of β-amino-alcohol motifs (C(OH)–C–C–N with tert-alkyl or cyclic N) is 1. The molecule has 1 aliphatic rings. The van der Waals surface area contributed by atoms with E-state index in [2.05, 4.69) is 68.6 Å². The molecule has 0 radical (unpaired) electrons. The van der Waals surface area contributed by atoms with Crippen LogP contribution in [0.5, 0.6) is 0 Å². The summed E-state index contributed by atoms with van der Waals surface area (Å²) >= 11 is 0. The molecule has 1 aliphatic carbocycles. The Balaban J connectivity index is 1.42. The Morgan fingerprint density at radius 2 is 1.74 bits per heavy atom. The molecule has 170 valence electrons. The number of aliphatic hydroxyl groups excluding tert-OH is 1. The number of fused-ring (bicyclic) bond motifs is 1. The second kappa shape index (κ2) is 11.2. The second-order valence-electron chi connectivity index (χ2n) is 9.73. The second-order valence-corrected chi connectivity index (χ2v) is 9.73. The van der Waals surface area contributed by atoms with Crippen molar-refractivity contribution in [1.29, 1.82) is 0 Å². The predicted octanol–water partition coefficient (Wildman–Crippen LogP) is 4.19. The number of aliphatic hydroxyl groups is 1. The van der Waals surface area contributed by atoms with Gasteiger partial charge in [-0.1, -0.05) is 48.5 Å². The van der Waals surface area contributed by atoms with Gasteiger partial charge in [0, 0.05) is 12.1 Å². The molecule has 4 N–H and O–H groups in total. The molecular formula is C27H40N2O2. The zero-order chi connectivity index (χ0) is 22.3. The summed E-state index contributed by atoms with van der Waals surface area (Å²) in [5.41, 5.74) is 11.1. The number of hydrogen-bond acceptors (Lipinski definition) is 4. The standard InChI is InChI=1S/C27H40N2O2/c1-20(26-13-7-6-9-22(26)12-8-14-28)31-19-25(30)18-29-27(2,3)17-21-15-23-10-4-5-11-24(23)16-21/h4-7,9-11,13,20-21,25,29-30H,8,12,14-19,28H2,1-3H3. The molecule has 0 amide bonds. The SMILES string of the molecule is CC(OCC(O)CNC(C)(C)CC1Cc2ccccc2C1)c1ccccc1CCCN. The van der Waals surface area contributed by atoms with Crippen molar-refractivity contribution in [3.63, 3.8) is 0 Å². The van der Waals surface area contributed by atoms with Crippen LogP contribution < -0.4 is 11.1 Å². The lowest BCUT2D eigenvalue weighted by Gasteiger charge is -2.31. The quantitative estimate of drug-likeness (QED) is 0.478. The first-order chi connectivity index (χ1) is 14.9. The van der Waals surface area contributed by atoms with Crippen molar-refractivity contribution in [2.45, 2.75) is 70.6 Å². The lowest BCUT2D eigenvalue weighted by Crippen LogP contribution is -2.45. The molecule has 0 spiro atoms. The van der Waals surface area contributed by atoms with Crippen molar-refractivity contribution in [2.75, 3.05) is 19.7 Å². The van der Waals surface area contributed by atoms with Crippen molar-refractivity contribution in [3.8, 4) is 0 Å². The van der Waals surface area contributed by atoms with Gasteiger partial charge >= 0.3 is 0 Å². The molecule has 0 fully saturated rings. The van der Waals surface area contributed by atoms with Crippen LogP contribution in [0.25, 0.3) is 0 Å². The van der Waals surface area contributed by atoms with Crippen LogP contribution in [0.15, 0.2) is 48.5 Å². The molecule has 2 atom stereocenters. The van der Waals surface area contributed by atoms with Gasteiger partial charge in [0.25, 0.3) is 0 Å². The molecule has 0 aliphatic heterocycles. The first-order valence-corrected chi connectivity index (χ1v) is 11.8. The van der Waals surface area contributed by atoms with Crippen molar-refractivity contribution in [2.24, 2.45) is 11.7 Å². The van der Waals surface area contributed by atoms with Crippen LogP contribution in [-0.4, -0.2) is 36.4 Å². The van der Waals surface area contributed by atoms with E-state index in [1.807, 2.05) is 6.07 Å². The van der Waals surface area contributed by atoms with Crippen LogP contribution in [0.3, 0.4) is 0 Å². The number of benzene rings is 2. The molecule has 0 bridgehead atoms. The average Bonchev–Trinajstić information content (AvgIpc) is 3.16. The summed E-state index contributed by atoms with van der Waals surface area (Å²) in [4.78, 5) is 0. The predicted molar refractivity (Wildman–Crippen MR) is 128 cm³/mol. The van der Waals surface area contributed by atoms with E-state index in [-0.39, 0.29) is 11.6 Å². The number of nitrogens with two attached hydrogens (primary N) is 1. The van der Waals surface area contributed by atoms with E-state index in [9.17, 15) is 5.11 Å². The molecule has 3 rings (SSSR count). The summed E-state index contributed by atoms with van der Waals surface area (Å²) in [7, 11) is 0. The number of hydrogen-bond donors (Lipinski definition) is 3. The van der Waals surface area contributed by atoms with E-state index < -0.39 is 6.10 Å². The van der Waals surface area contributed by atoms with Gasteiger partial charge in [0.15, 0.2) is 0 Å². The maximum Gasteiger partial charge on any atom is 0.0898 e. The summed E-state index contributed by atoms with van der Waals surface area (Å²) in [6.07, 6.45) is 4.77. The molecule has 31 heavy (non-hydrogen) atoms. The fraction of sp³-hybridized carbons (Fsp3) is 0.556. The Morgan fingerprint density at radius 3 is 2.42 bits per heavy atom. The number of aryl methyl sites for hydroxylation is 1. The van der Waals surface area contributed by atoms with Gasteiger partial charge in [-0.2, -0.15) is 0 Å². The highest BCUT2D eigenvalue weighted by Gasteiger charge is 2.28. The highest BCUT2D eigenvalue weighted by molar-refractivity contribution is 5.32. The largest absolute Gasteiger partial charge is 0.389 e. The Labute approximate surface area is 188 Å². The Morgan fingerprint density at radius 1 is 1.10 bits per heavy atom. The van der Waals surface area contributed by atoms with Gasteiger partial charge in [0.2, 0.25) is 0 Å². The normalized spacial score (nSPS) is 16.3. The van der Waals surface area contributed by atoms with E-state index in [0.717, 1.165) is 32.1 Å². The lowest BCUT2D eigenvalue weighted by atomic mass is 9.88. The first kappa shape index (κ1) is 23.9. The third kappa shape index (κ3) is 7.15. The van der Waals surface area contributed by atoms with Crippen molar-refractivity contribution in [3.05, 3.63) is 70.8 Å². The minimum Gasteiger partial charge on any atom is -0.389 e. The lowest BCUT2D eigenvalue weighted by molar-refractivity contribution is -0.00491. The molecule has 0 saturated carbocycles. The zero-order valence-electron chi connectivity index (χ0n) is 19.4. The van der Waals surface area contributed by atoms with Crippen molar-refractivity contribution < 1.29 is 9.84 Å². The van der Waals surface area contributed by atoms with Gasteiger partial charge in [-0.05, 0) is 87.6 Å². The summed E-state index contributed by atoms with van der Waals surface area (Å²) in [6.45, 7) is 8.08. The van der Waals surface area contributed by atoms with Crippen LogP contribution in [0.2, 0.25) is 0 Å². The highest BCUT2D eigenvalue weighted by atomic mass is 16.5. The summed E-state index contributed by atoms with van der Waals surface area (Å²) < 4.78 is 6.03. The molecule has 0 saturated heterocycles. The van der Waals surface area contributed by atoms with Crippen LogP contribution in [-0.2, 0) is 24.0 Å². The zero-order valence-corrected chi connectivity index (χ0v) is 19.4. The average molecular weight is 425 g/mol. The third-order valence-electron chi connectivity index (χ3n) is 6.43. The van der Waals surface area contributed by atoms with Gasteiger partial charge in [-0.3, -0.25) is 0 Å². The monoisotopic (exact) mass is 424 g/mol. The molecule has 4 nitrogen and oxygen atoms in total. The minimum absolute atomic E-state index is 0.0197. The molecule has 0 aromatic heterocycles. The van der Waals surface area contributed by atoms with Gasteiger partial charge in [-0.25, -0.2) is 0 Å². The van der Waals surface area contributed by atoms with Crippen molar-refractivity contribution in [1.82, 2.24) is 5.32 Å². The van der Waals surface area contributed by atoms with Gasteiger partial charge in [0.1, 0.15) is 0 Å².